The highest BCUT2D eigenvalue weighted by molar-refractivity contribution is 7.89. The van der Waals surface area contributed by atoms with E-state index in [2.05, 4.69) is 14.7 Å². The van der Waals surface area contributed by atoms with Crippen LogP contribution in [0.15, 0.2) is 46.1 Å². The van der Waals surface area contributed by atoms with Crippen LogP contribution in [0.3, 0.4) is 0 Å². The topological polar surface area (TPSA) is 104 Å². The number of hydrogen-bond donors (Lipinski definition) is 2. The number of aromatic nitrogens is 2. The zero-order valence-corrected chi connectivity index (χ0v) is 15.7. The molecule has 0 aliphatic heterocycles. The van der Waals surface area contributed by atoms with Gasteiger partial charge in [-0.1, -0.05) is 6.07 Å². The van der Waals surface area contributed by atoms with Gasteiger partial charge in [-0.2, -0.15) is 13.1 Å². The quantitative estimate of drug-likeness (QED) is 0.618. The molecule has 3 rings (SSSR count). The summed E-state index contributed by atoms with van der Waals surface area (Å²) in [6.45, 7) is -3.03. The van der Waals surface area contributed by atoms with Gasteiger partial charge >= 0.3 is 12.3 Å². The molecule has 0 unspecified atom stereocenters. The van der Waals surface area contributed by atoms with Gasteiger partial charge in [-0.15, -0.1) is 0 Å². The maximum Gasteiger partial charge on any atom is 0.387 e. The van der Waals surface area contributed by atoms with Gasteiger partial charge in [-0.3, -0.25) is 0 Å². The van der Waals surface area contributed by atoms with E-state index in [1.807, 2.05) is 0 Å². The Morgan fingerprint density at radius 1 is 1.07 bits per heavy atom. The molecule has 28 heavy (non-hydrogen) atoms. The van der Waals surface area contributed by atoms with Gasteiger partial charge in [0.15, 0.2) is 11.5 Å². The smallest absolute Gasteiger partial charge is 0.387 e. The Hall–Kier alpha value is -2.92. The van der Waals surface area contributed by atoms with Crippen LogP contribution in [0.2, 0.25) is 0 Å². The van der Waals surface area contributed by atoms with Crippen molar-refractivity contribution in [2.75, 3.05) is 14.2 Å². The average Bonchev–Trinajstić information content (AvgIpc) is 3.01. The normalized spacial score (nSPS) is 12.1. The largest absolute Gasteiger partial charge is 0.493 e. The molecule has 0 spiro atoms. The van der Waals surface area contributed by atoms with Crippen molar-refractivity contribution in [3.63, 3.8) is 0 Å². The molecule has 150 valence electrons. The molecule has 8 nitrogen and oxygen atoms in total. The van der Waals surface area contributed by atoms with E-state index in [-0.39, 0.29) is 22.9 Å². The molecule has 0 amide bonds. The number of ether oxygens (including phenoxy) is 2. The van der Waals surface area contributed by atoms with Crippen LogP contribution in [0.25, 0.3) is 11.0 Å². The fourth-order valence-electron chi connectivity index (χ4n) is 2.70. The Morgan fingerprint density at radius 2 is 1.79 bits per heavy atom. The number of hydrogen-bond acceptors (Lipinski definition) is 5. The number of aromatic amines is 2. The molecule has 3 aromatic rings. The van der Waals surface area contributed by atoms with Crippen molar-refractivity contribution in [3.05, 3.63) is 52.4 Å². The third kappa shape index (κ3) is 3.99. The molecule has 0 saturated heterocycles. The summed E-state index contributed by atoms with van der Waals surface area (Å²) in [6, 6.07) is 8.43. The highest BCUT2D eigenvalue weighted by Gasteiger charge is 2.22. The highest BCUT2D eigenvalue weighted by atomic mass is 32.2. The number of fused-ring (bicyclic) bond motifs is 1. The molecule has 0 radical (unpaired) electrons. The van der Waals surface area contributed by atoms with E-state index in [0.717, 1.165) is 4.31 Å². The molecule has 1 aromatic heterocycles. The predicted octanol–water partition coefficient (Wildman–Crippen LogP) is 2.29. The minimum Gasteiger partial charge on any atom is -0.493 e. The lowest BCUT2D eigenvalue weighted by atomic mass is 10.2. The van der Waals surface area contributed by atoms with Crippen molar-refractivity contribution in [1.82, 2.24) is 14.3 Å². The van der Waals surface area contributed by atoms with Crippen LogP contribution in [0, 0.1) is 0 Å². The lowest BCUT2D eigenvalue weighted by Gasteiger charge is -2.18. The number of halogens is 2. The van der Waals surface area contributed by atoms with Crippen LogP contribution < -0.4 is 15.2 Å². The molecule has 0 saturated carbocycles. The van der Waals surface area contributed by atoms with E-state index in [0.29, 0.717) is 16.6 Å². The number of benzene rings is 2. The standard InChI is InChI=1S/C17H17F2N3O5S/c1-22(9-10-3-6-14(27-16(18)19)15(7-10)26-2)28(24,25)11-4-5-12-13(8-11)21-17(23)20-12/h3-8,16H,9H2,1-2H3,(H2,20,21,23). The molecule has 0 atom stereocenters. The van der Waals surface area contributed by atoms with E-state index in [9.17, 15) is 22.0 Å². The minimum absolute atomic E-state index is 0.00219. The predicted molar refractivity (Wildman–Crippen MR) is 97.2 cm³/mol. The van der Waals surface area contributed by atoms with Crippen LogP contribution in [0.1, 0.15) is 5.56 Å². The van der Waals surface area contributed by atoms with Gasteiger partial charge in [0.05, 0.1) is 23.0 Å². The highest BCUT2D eigenvalue weighted by Crippen LogP contribution is 2.30. The molecule has 0 aliphatic carbocycles. The fraction of sp³-hybridized carbons (Fsp3) is 0.235. The second-order valence-electron chi connectivity index (χ2n) is 5.91. The van der Waals surface area contributed by atoms with Gasteiger partial charge in [-0.05, 0) is 35.9 Å². The van der Waals surface area contributed by atoms with Crippen LogP contribution in [0.5, 0.6) is 11.5 Å². The van der Waals surface area contributed by atoms with Gasteiger partial charge < -0.3 is 19.4 Å². The summed E-state index contributed by atoms with van der Waals surface area (Å²) >= 11 is 0. The van der Waals surface area contributed by atoms with Crippen molar-refractivity contribution >= 4 is 21.1 Å². The van der Waals surface area contributed by atoms with Crippen molar-refractivity contribution in [2.24, 2.45) is 0 Å². The molecule has 0 bridgehead atoms. The van der Waals surface area contributed by atoms with E-state index >= 15 is 0 Å². The summed E-state index contributed by atoms with van der Waals surface area (Å²) in [6.07, 6.45) is 0. The van der Waals surface area contributed by atoms with E-state index in [4.69, 9.17) is 4.74 Å². The van der Waals surface area contributed by atoms with Crippen molar-refractivity contribution in [2.45, 2.75) is 18.1 Å². The van der Waals surface area contributed by atoms with Gasteiger partial charge in [0.1, 0.15) is 0 Å². The van der Waals surface area contributed by atoms with Gasteiger partial charge in [0.2, 0.25) is 10.0 Å². The summed E-state index contributed by atoms with van der Waals surface area (Å²) in [7, 11) is -1.18. The third-order valence-electron chi connectivity index (χ3n) is 4.04. The Labute approximate surface area is 158 Å². The fourth-order valence-corrected chi connectivity index (χ4v) is 3.88. The number of imidazole rings is 1. The minimum atomic E-state index is -3.86. The first-order valence-electron chi connectivity index (χ1n) is 8.01. The number of H-pyrrole nitrogens is 2. The van der Waals surface area contributed by atoms with Crippen molar-refractivity contribution in [1.29, 1.82) is 0 Å². The van der Waals surface area contributed by atoms with Gasteiger partial charge in [-0.25, -0.2) is 13.2 Å². The van der Waals surface area contributed by atoms with E-state index < -0.39 is 22.3 Å². The number of nitrogens with one attached hydrogen (secondary N) is 2. The maximum atomic E-state index is 12.8. The number of rotatable bonds is 7. The Kier molecular flexibility index (Phi) is 5.38. The molecule has 2 N–H and O–H groups in total. The zero-order chi connectivity index (χ0) is 20.5. The molecular formula is C17H17F2N3O5S. The molecule has 0 aliphatic rings. The van der Waals surface area contributed by atoms with Gasteiger partial charge in [0, 0.05) is 13.6 Å². The molecule has 0 fully saturated rings. The van der Waals surface area contributed by atoms with Crippen molar-refractivity contribution < 1.29 is 26.7 Å². The van der Waals surface area contributed by atoms with E-state index in [1.54, 1.807) is 0 Å². The molecule has 2 aromatic carbocycles. The lowest BCUT2D eigenvalue weighted by Crippen LogP contribution is -2.26. The summed E-state index contributed by atoms with van der Waals surface area (Å²) < 4.78 is 61.0. The Morgan fingerprint density at radius 3 is 2.46 bits per heavy atom. The first kappa shape index (κ1) is 19.8. The molecule has 1 heterocycles. The first-order valence-corrected chi connectivity index (χ1v) is 9.45. The van der Waals surface area contributed by atoms with Crippen LogP contribution in [-0.2, 0) is 16.6 Å². The van der Waals surface area contributed by atoms with Gasteiger partial charge in [0.25, 0.3) is 0 Å². The second kappa shape index (κ2) is 7.60. The molecular weight excluding hydrogens is 396 g/mol. The van der Waals surface area contributed by atoms with Crippen LogP contribution in [-0.4, -0.2) is 43.5 Å². The summed E-state index contributed by atoms with van der Waals surface area (Å²) in [4.78, 5) is 16.4. The second-order valence-corrected chi connectivity index (χ2v) is 7.96. The Bertz CT molecular complexity index is 1160. The SMILES string of the molecule is COc1cc(CN(C)S(=O)(=O)c2ccc3[nH]c(=O)[nH]c3c2)ccc1OC(F)F. The third-order valence-corrected chi connectivity index (χ3v) is 5.84. The number of methoxy groups -OCH3 is 1. The van der Waals surface area contributed by atoms with Crippen molar-refractivity contribution in [3.8, 4) is 11.5 Å². The monoisotopic (exact) mass is 413 g/mol. The zero-order valence-electron chi connectivity index (χ0n) is 14.9. The first-order chi connectivity index (χ1) is 13.2. The summed E-state index contributed by atoms with van der Waals surface area (Å²) in [5.41, 5.74) is 0.942. The maximum absolute atomic E-state index is 12.8. The number of alkyl halides is 2. The summed E-state index contributed by atoms with van der Waals surface area (Å²) in [5, 5.41) is 0. The molecule has 11 heteroatoms. The van der Waals surface area contributed by atoms with Crippen LogP contribution in [0.4, 0.5) is 8.78 Å². The van der Waals surface area contributed by atoms with E-state index in [1.165, 1.54) is 50.6 Å². The summed E-state index contributed by atoms with van der Waals surface area (Å²) in [5.74, 6) is -0.0801. The lowest BCUT2D eigenvalue weighted by molar-refractivity contribution is -0.0512. The number of nitrogens with zero attached hydrogens (tertiary/aromatic N) is 1. The average molecular weight is 413 g/mol. The number of sulfonamides is 1. The Balaban J connectivity index is 1.86. The van der Waals surface area contributed by atoms with Crippen LogP contribution >= 0.6 is 0 Å².